The molecule has 0 aromatic heterocycles. The molecule has 6 aromatic carbocycles. The van der Waals surface area contributed by atoms with Crippen LogP contribution in [-0.2, 0) is 11.8 Å². The molecular formula is C49H35N. The van der Waals surface area contributed by atoms with E-state index in [4.69, 9.17) is 6.42 Å². The summed E-state index contributed by atoms with van der Waals surface area (Å²) in [5.74, 6) is 2.84. The van der Waals surface area contributed by atoms with Crippen LogP contribution in [0.1, 0.15) is 34.2 Å². The van der Waals surface area contributed by atoms with Crippen LogP contribution in [0.15, 0.2) is 193 Å². The molecule has 3 aliphatic carbocycles. The van der Waals surface area contributed by atoms with Crippen LogP contribution in [0.5, 0.6) is 0 Å². The molecule has 0 N–H and O–H groups in total. The minimum absolute atomic E-state index is 0.442. The van der Waals surface area contributed by atoms with E-state index in [9.17, 15) is 0 Å². The van der Waals surface area contributed by atoms with Crippen LogP contribution >= 0.6 is 0 Å². The van der Waals surface area contributed by atoms with Crippen LogP contribution in [0, 0.1) is 12.3 Å². The summed E-state index contributed by atoms with van der Waals surface area (Å²) in [6.45, 7) is 0. The lowest BCUT2D eigenvalue weighted by Gasteiger charge is -2.35. The first-order chi connectivity index (χ1) is 24.8. The molecule has 0 radical (unpaired) electrons. The molecule has 0 aliphatic heterocycles. The zero-order valence-electron chi connectivity index (χ0n) is 27.8. The minimum Gasteiger partial charge on any atom is -0.310 e. The summed E-state index contributed by atoms with van der Waals surface area (Å²) in [7, 11) is 0. The number of anilines is 3. The zero-order chi connectivity index (χ0) is 33.5. The van der Waals surface area contributed by atoms with Gasteiger partial charge in [0.15, 0.2) is 0 Å². The Labute approximate surface area is 294 Å². The van der Waals surface area contributed by atoms with Gasteiger partial charge in [-0.25, -0.2) is 0 Å². The van der Waals surface area contributed by atoms with Gasteiger partial charge in [-0.3, -0.25) is 0 Å². The highest BCUT2D eigenvalue weighted by Crippen LogP contribution is 2.65. The molecule has 0 fully saturated rings. The van der Waals surface area contributed by atoms with E-state index in [0.717, 1.165) is 29.8 Å². The summed E-state index contributed by atoms with van der Waals surface area (Å²) in [4.78, 5) is 2.45. The molecule has 6 aromatic rings. The summed E-state index contributed by atoms with van der Waals surface area (Å²) in [5.41, 5.74) is 17.0. The number of hydrogen-bond acceptors (Lipinski definition) is 1. The normalized spacial score (nSPS) is 14.6. The van der Waals surface area contributed by atoms with Gasteiger partial charge in [-0.1, -0.05) is 152 Å². The number of para-hydroxylation sites is 1. The van der Waals surface area contributed by atoms with Crippen molar-refractivity contribution in [1.29, 1.82) is 0 Å². The summed E-state index contributed by atoms with van der Waals surface area (Å²) >= 11 is 0. The molecule has 0 saturated carbocycles. The Balaban J connectivity index is 1.18. The summed E-state index contributed by atoms with van der Waals surface area (Å²) in [6.07, 6.45) is 20.2. The fraction of sp³-hybridized carbons (Fsp3) is 0.0612. The van der Waals surface area contributed by atoms with Gasteiger partial charge in [0, 0.05) is 22.5 Å². The van der Waals surface area contributed by atoms with Gasteiger partial charge in [0.05, 0.1) is 11.1 Å². The van der Waals surface area contributed by atoms with E-state index < -0.39 is 5.41 Å². The lowest BCUT2D eigenvalue weighted by Crippen LogP contribution is -2.28. The molecular weight excluding hydrogens is 603 g/mol. The van der Waals surface area contributed by atoms with E-state index in [2.05, 4.69) is 187 Å². The number of terminal acetylenes is 1. The Kier molecular flexibility index (Phi) is 7.30. The van der Waals surface area contributed by atoms with Crippen LogP contribution in [0.25, 0.3) is 22.3 Å². The molecule has 0 unspecified atom stereocenters. The molecule has 0 bridgehead atoms. The molecule has 1 nitrogen and oxygen atoms in total. The van der Waals surface area contributed by atoms with Crippen molar-refractivity contribution in [2.24, 2.45) is 0 Å². The van der Waals surface area contributed by atoms with E-state index in [1.807, 2.05) is 6.08 Å². The Hall–Kier alpha value is -6.36. The van der Waals surface area contributed by atoms with Crippen LogP contribution in [0.2, 0.25) is 0 Å². The van der Waals surface area contributed by atoms with E-state index >= 15 is 0 Å². The van der Waals surface area contributed by atoms with Crippen molar-refractivity contribution in [2.75, 3.05) is 4.90 Å². The van der Waals surface area contributed by atoms with Gasteiger partial charge in [-0.05, 0) is 99.3 Å². The van der Waals surface area contributed by atoms with Gasteiger partial charge >= 0.3 is 0 Å². The van der Waals surface area contributed by atoms with Crippen molar-refractivity contribution >= 4 is 17.1 Å². The third-order valence-electron chi connectivity index (χ3n) is 10.5. The summed E-state index contributed by atoms with van der Waals surface area (Å²) in [5, 5.41) is 0. The maximum atomic E-state index is 5.81. The van der Waals surface area contributed by atoms with Gasteiger partial charge in [-0.15, -0.1) is 6.42 Å². The van der Waals surface area contributed by atoms with Crippen LogP contribution in [-0.4, -0.2) is 0 Å². The third-order valence-corrected chi connectivity index (χ3v) is 10.5. The molecule has 0 saturated heterocycles. The zero-order valence-corrected chi connectivity index (χ0v) is 27.8. The number of hydrogen-bond donors (Lipinski definition) is 0. The Morgan fingerprint density at radius 3 is 1.84 bits per heavy atom. The predicted octanol–water partition coefficient (Wildman–Crippen LogP) is 12.0. The van der Waals surface area contributed by atoms with Crippen LogP contribution in [0.3, 0.4) is 0 Å². The number of benzene rings is 6. The quantitative estimate of drug-likeness (QED) is 0.124. The smallest absolute Gasteiger partial charge is 0.0746 e. The first-order valence-electron chi connectivity index (χ1n) is 17.4. The molecule has 50 heavy (non-hydrogen) atoms. The molecule has 9 rings (SSSR count). The van der Waals surface area contributed by atoms with Gasteiger partial charge in [0.2, 0.25) is 0 Å². The highest BCUT2D eigenvalue weighted by Gasteiger charge is 2.53. The first kappa shape index (κ1) is 29.8. The predicted molar refractivity (Wildman–Crippen MR) is 209 cm³/mol. The van der Waals surface area contributed by atoms with Crippen LogP contribution in [0.4, 0.5) is 17.1 Å². The molecule has 1 heteroatoms. The Morgan fingerprint density at radius 2 is 1.22 bits per heavy atom. The standard InChI is InChI=1S/C49H35N/c1-2-36(37-19-8-9-20-37)18-7-6-17-35-31-33-39(34-32-35)50(38-21-4-3-5-22-38)47-30-16-26-43-42-25-12-15-29-46(42)49(48(43)47)44-27-13-10-23-40(44)41-24-11-14-28-45(41)49/h1,3-16,18-19,21-34H,17,20H2/b7-6-,36-18+. The highest BCUT2D eigenvalue weighted by atomic mass is 15.1. The van der Waals surface area contributed by atoms with Crippen molar-refractivity contribution in [3.63, 3.8) is 0 Å². The summed E-state index contributed by atoms with van der Waals surface area (Å²) < 4.78 is 0. The lowest BCUT2D eigenvalue weighted by atomic mass is 9.70. The van der Waals surface area contributed by atoms with Crippen molar-refractivity contribution in [3.05, 3.63) is 221 Å². The average molecular weight is 638 g/mol. The molecule has 0 heterocycles. The maximum absolute atomic E-state index is 5.81. The highest BCUT2D eigenvalue weighted by molar-refractivity contribution is 5.99. The number of rotatable bonds is 7. The van der Waals surface area contributed by atoms with Gasteiger partial charge in [-0.2, -0.15) is 0 Å². The fourth-order valence-corrected chi connectivity index (χ4v) is 8.37. The Bertz CT molecular complexity index is 2370. The number of nitrogens with zero attached hydrogens (tertiary/aromatic N) is 1. The molecule has 236 valence electrons. The SMILES string of the molecule is C#C/C(=C\C=C/Cc1ccc(N(c2ccccc2)c2cccc3c2C2(c4ccccc4-c4ccccc42)c2ccccc2-3)cc1)C1=CC=CC1. The van der Waals surface area contributed by atoms with Gasteiger partial charge in [0.25, 0.3) is 0 Å². The molecule has 0 amide bonds. The monoisotopic (exact) mass is 637 g/mol. The number of allylic oxidation sites excluding steroid dienone is 8. The van der Waals surface area contributed by atoms with Crippen molar-refractivity contribution in [2.45, 2.75) is 18.3 Å². The lowest BCUT2D eigenvalue weighted by molar-refractivity contribution is 0.793. The third kappa shape index (κ3) is 4.57. The van der Waals surface area contributed by atoms with Crippen molar-refractivity contribution in [1.82, 2.24) is 0 Å². The average Bonchev–Trinajstić information content (AvgIpc) is 3.89. The van der Waals surface area contributed by atoms with E-state index in [1.54, 1.807) is 0 Å². The molecule has 3 aliphatic rings. The number of fused-ring (bicyclic) bond motifs is 10. The second-order valence-corrected chi connectivity index (χ2v) is 13.1. The largest absolute Gasteiger partial charge is 0.310 e. The van der Waals surface area contributed by atoms with Crippen LogP contribution < -0.4 is 4.90 Å². The Morgan fingerprint density at radius 1 is 0.640 bits per heavy atom. The molecule has 1 spiro atoms. The van der Waals surface area contributed by atoms with Crippen molar-refractivity contribution < 1.29 is 0 Å². The van der Waals surface area contributed by atoms with Crippen molar-refractivity contribution in [3.8, 4) is 34.6 Å². The maximum Gasteiger partial charge on any atom is 0.0746 e. The molecule has 0 atom stereocenters. The first-order valence-corrected chi connectivity index (χ1v) is 17.4. The van der Waals surface area contributed by atoms with E-state index in [-0.39, 0.29) is 0 Å². The second kappa shape index (κ2) is 12.3. The topological polar surface area (TPSA) is 3.24 Å². The minimum atomic E-state index is -0.442. The second-order valence-electron chi connectivity index (χ2n) is 13.1. The van der Waals surface area contributed by atoms with E-state index in [0.29, 0.717) is 0 Å². The van der Waals surface area contributed by atoms with Gasteiger partial charge in [0.1, 0.15) is 0 Å². The van der Waals surface area contributed by atoms with Gasteiger partial charge < -0.3 is 4.90 Å². The fourth-order valence-electron chi connectivity index (χ4n) is 8.37. The van der Waals surface area contributed by atoms with E-state index in [1.165, 1.54) is 61.3 Å². The summed E-state index contributed by atoms with van der Waals surface area (Å²) in [6, 6.07) is 53.7.